The van der Waals surface area contributed by atoms with E-state index in [2.05, 4.69) is 12.2 Å². The quantitative estimate of drug-likeness (QED) is 0.580. The van der Waals surface area contributed by atoms with Crippen LogP contribution in [0.1, 0.15) is 47.9 Å². The minimum absolute atomic E-state index is 0.0196. The fourth-order valence-corrected chi connectivity index (χ4v) is 3.73. The van der Waals surface area contributed by atoms with E-state index in [9.17, 15) is 14.0 Å². The van der Waals surface area contributed by atoms with Gasteiger partial charge in [0.15, 0.2) is 0 Å². The van der Waals surface area contributed by atoms with Gasteiger partial charge in [0.25, 0.3) is 5.91 Å². The van der Waals surface area contributed by atoms with Crippen LogP contribution in [0.3, 0.4) is 0 Å². The molecule has 0 spiro atoms. The molecule has 1 aromatic heterocycles. The molecule has 0 bridgehead atoms. The predicted molar refractivity (Wildman–Crippen MR) is 117 cm³/mol. The number of carbonyl (C=O) groups excluding carboxylic acids is 2. The monoisotopic (exact) mass is 420 g/mol. The lowest BCUT2D eigenvalue weighted by atomic mass is 10.1. The summed E-state index contributed by atoms with van der Waals surface area (Å²) in [7, 11) is 0. The van der Waals surface area contributed by atoms with Crippen molar-refractivity contribution in [1.82, 2.24) is 4.90 Å². The average molecular weight is 420 g/mol. The first-order valence-electron chi connectivity index (χ1n) is 10.6. The van der Waals surface area contributed by atoms with E-state index in [-0.39, 0.29) is 11.8 Å². The maximum Gasteiger partial charge on any atom is 0.254 e. The molecule has 0 aliphatic carbocycles. The molecule has 0 radical (unpaired) electrons. The molecule has 1 aliphatic heterocycles. The Bertz CT molecular complexity index is 1090. The van der Waals surface area contributed by atoms with Gasteiger partial charge in [-0.2, -0.15) is 0 Å². The van der Waals surface area contributed by atoms with Crippen LogP contribution < -0.4 is 5.32 Å². The van der Waals surface area contributed by atoms with E-state index >= 15 is 0 Å². The van der Waals surface area contributed by atoms with Gasteiger partial charge in [-0.15, -0.1) is 0 Å². The molecule has 2 aromatic carbocycles. The second-order valence-corrected chi connectivity index (χ2v) is 7.78. The van der Waals surface area contributed by atoms with Crippen molar-refractivity contribution in [2.24, 2.45) is 0 Å². The number of benzene rings is 2. The van der Waals surface area contributed by atoms with E-state index in [0.29, 0.717) is 31.5 Å². The summed E-state index contributed by atoms with van der Waals surface area (Å²) in [6.07, 6.45) is 3.00. The molecule has 2 heterocycles. The number of anilines is 1. The first-order chi connectivity index (χ1) is 15.0. The zero-order valence-corrected chi connectivity index (χ0v) is 17.5. The Kier molecular flexibility index (Phi) is 6.16. The van der Waals surface area contributed by atoms with E-state index in [0.717, 1.165) is 41.2 Å². The van der Waals surface area contributed by atoms with Crippen LogP contribution in [0.2, 0.25) is 0 Å². The first kappa shape index (κ1) is 20.8. The summed E-state index contributed by atoms with van der Waals surface area (Å²) >= 11 is 0. The third-order valence-electron chi connectivity index (χ3n) is 5.44. The highest BCUT2D eigenvalue weighted by molar-refractivity contribution is 5.94. The highest BCUT2D eigenvalue weighted by Gasteiger charge is 2.25. The van der Waals surface area contributed by atoms with Crippen LogP contribution in [0, 0.1) is 5.82 Å². The number of carbonyl (C=O) groups is 2. The number of fused-ring (bicyclic) bond motifs is 1. The predicted octanol–water partition coefficient (Wildman–Crippen LogP) is 5.41. The summed E-state index contributed by atoms with van der Waals surface area (Å²) in [5, 5.41) is 2.90. The zero-order chi connectivity index (χ0) is 21.8. The van der Waals surface area contributed by atoms with Crippen LogP contribution in [0.4, 0.5) is 10.1 Å². The number of hydrogen-bond donors (Lipinski definition) is 1. The summed E-state index contributed by atoms with van der Waals surface area (Å²) < 4.78 is 19.5. The topological polar surface area (TPSA) is 62.6 Å². The van der Waals surface area contributed by atoms with Crippen molar-refractivity contribution in [3.05, 3.63) is 77.3 Å². The average Bonchev–Trinajstić information content (AvgIpc) is 3.21. The van der Waals surface area contributed by atoms with Crippen LogP contribution in [-0.4, -0.2) is 23.3 Å². The number of hydrogen-bond acceptors (Lipinski definition) is 3. The maximum atomic E-state index is 13.5. The van der Waals surface area contributed by atoms with Gasteiger partial charge in [-0.1, -0.05) is 19.4 Å². The number of unbranched alkanes of at least 4 members (excludes halogenated alkanes) is 1. The van der Waals surface area contributed by atoms with Gasteiger partial charge in [-0.25, -0.2) is 4.39 Å². The fourth-order valence-electron chi connectivity index (χ4n) is 3.73. The molecular weight excluding hydrogens is 395 g/mol. The van der Waals surface area contributed by atoms with Gasteiger partial charge in [-0.3, -0.25) is 9.59 Å². The van der Waals surface area contributed by atoms with Crippen LogP contribution >= 0.6 is 0 Å². The Labute approximate surface area is 180 Å². The standard InChI is InChI=1S/C25H25FN2O3/c1-2-3-7-24(29)27-21-10-8-17(9-11-21)23-15-19-16-28(13-12-22(19)31-23)25(30)18-5-4-6-20(26)14-18/h4-6,8-11,14-15H,2-3,7,12-13,16H2,1H3,(H,27,29). The van der Waals surface area contributed by atoms with Crippen molar-refractivity contribution in [3.8, 4) is 11.3 Å². The minimum atomic E-state index is -0.417. The lowest BCUT2D eigenvalue weighted by molar-refractivity contribution is -0.116. The molecule has 1 aliphatic rings. The summed E-state index contributed by atoms with van der Waals surface area (Å²) in [5.74, 6) is 1.02. The van der Waals surface area contributed by atoms with Crippen LogP contribution in [-0.2, 0) is 17.8 Å². The minimum Gasteiger partial charge on any atom is -0.461 e. The largest absolute Gasteiger partial charge is 0.461 e. The highest BCUT2D eigenvalue weighted by atomic mass is 19.1. The maximum absolute atomic E-state index is 13.5. The zero-order valence-electron chi connectivity index (χ0n) is 17.5. The lowest BCUT2D eigenvalue weighted by Crippen LogP contribution is -2.35. The molecule has 2 amide bonds. The third-order valence-corrected chi connectivity index (χ3v) is 5.44. The van der Waals surface area contributed by atoms with E-state index in [1.807, 2.05) is 30.3 Å². The Morgan fingerprint density at radius 3 is 2.68 bits per heavy atom. The van der Waals surface area contributed by atoms with Crippen molar-refractivity contribution < 1.29 is 18.4 Å². The lowest BCUT2D eigenvalue weighted by Gasteiger charge is -2.26. The number of amides is 2. The molecule has 0 saturated carbocycles. The van der Waals surface area contributed by atoms with Gasteiger partial charge >= 0.3 is 0 Å². The van der Waals surface area contributed by atoms with Gasteiger partial charge in [0.1, 0.15) is 17.3 Å². The molecule has 0 atom stereocenters. The SMILES string of the molecule is CCCCC(=O)Nc1ccc(-c2cc3c(o2)CCN(C(=O)c2cccc(F)c2)C3)cc1. The Morgan fingerprint density at radius 1 is 1.13 bits per heavy atom. The molecular formula is C25H25FN2O3. The fraction of sp³-hybridized carbons (Fsp3) is 0.280. The van der Waals surface area contributed by atoms with Crippen molar-refractivity contribution in [3.63, 3.8) is 0 Å². The summed E-state index contributed by atoms with van der Waals surface area (Å²) in [4.78, 5) is 26.3. The number of nitrogens with zero attached hydrogens (tertiary/aromatic N) is 1. The molecule has 160 valence electrons. The van der Waals surface area contributed by atoms with Crippen molar-refractivity contribution in [1.29, 1.82) is 0 Å². The Hall–Kier alpha value is -3.41. The number of rotatable bonds is 6. The van der Waals surface area contributed by atoms with E-state index in [1.54, 1.807) is 17.0 Å². The second-order valence-electron chi connectivity index (χ2n) is 7.78. The van der Waals surface area contributed by atoms with Crippen LogP contribution in [0.25, 0.3) is 11.3 Å². The molecule has 5 nitrogen and oxygen atoms in total. The molecule has 31 heavy (non-hydrogen) atoms. The highest BCUT2D eigenvalue weighted by Crippen LogP contribution is 2.30. The van der Waals surface area contributed by atoms with Gasteiger partial charge in [-0.05, 0) is 55.0 Å². The second kappa shape index (κ2) is 9.16. The number of furan rings is 1. The Morgan fingerprint density at radius 2 is 1.94 bits per heavy atom. The Balaban J connectivity index is 1.44. The van der Waals surface area contributed by atoms with Crippen molar-refractivity contribution >= 4 is 17.5 Å². The summed E-state index contributed by atoms with van der Waals surface area (Å²) in [5.41, 5.74) is 2.98. The van der Waals surface area contributed by atoms with E-state index < -0.39 is 5.82 Å². The van der Waals surface area contributed by atoms with Gasteiger partial charge in [0.05, 0.1) is 0 Å². The van der Waals surface area contributed by atoms with Crippen molar-refractivity contribution in [2.75, 3.05) is 11.9 Å². The van der Waals surface area contributed by atoms with Crippen LogP contribution in [0.15, 0.2) is 59.0 Å². The molecule has 0 unspecified atom stereocenters. The smallest absolute Gasteiger partial charge is 0.254 e. The van der Waals surface area contributed by atoms with Gasteiger partial charge < -0.3 is 14.6 Å². The first-order valence-corrected chi connectivity index (χ1v) is 10.6. The third kappa shape index (κ3) is 4.85. The van der Waals surface area contributed by atoms with Crippen LogP contribution in [0.5, 0.6) is 0 Å². The van der Waals surface area contributed by atoms with Gasteiger partial charge in [0, 0.05) is 48.3 Å². The van der Waals surface area contributed by atoms with Crippen molar-refractivity contribution in [2.45, 2.75) is 39.2 Å². The van der Waals surface area contributed by atoms with E-state index in [1.165, 1.54) is 12.1 Å². The normalized spacial score (nSPS) is 13.0. The number of nitrogens with one attached hydrogen (secondary N) is 1. The molecule has 0 fully saturated rings. The molecule has 6 heteroatoms. The summed E-state index contributed by atoms with van der Waals surface area (Å²) in [6, 6.07) is 15.3. The molecule has 4 rings (SSSR count). The number of halogens is 1. The van der Waals surface area contributed by atoms with Gasteiger partial charge in [0.2, 0.25) is 5.91 Å². The molecule has 0 saturated heterocycles. The molecule has 1 N–H and O–H groups in total. The van der Waals surface area contributed by atoms with E-state index in [4.69, 9.17) is 4.42 Å². The summed E-state index contributed by atoms with van der Waals surface area (Å²) in [6.45, 7) is 3.01. The molecule has 3 aromatic rings.